The van der Waals surface area contributed by atoms with E-state index in [1.807, 2.05) is 0 Å². The summed E-state index contributed by atoms with van der Waals surface area (Å²) in [7, 11) is 0. The average Bonchev–Trinajstić information content (AvgIpc) is 2.65. The molecule has 0 radical (unpaired) electrons. The number of nitrogens with two attached hydrogens (primary N) is 1. The van der Waals surface area contributed by atoms with Crippen molar-refractivity contribution in [2.75, 3.05) is 26.3 Å². The first-order valence-corrected chi connectivity index (χ1v) is 8.56. The van der Waals surface area contributed by atoms with Crippen LogP contribution in [-0.4, -0.2) is 53.9 Å². The van der Waals surface area contributed by atoms with E-state index in [2.05, 4.69) is 0 Å². The van der Waals surface area contributed by atoms with Crippen LogP contribution in [0.3, 0.4) is 0 Å². The van der Waals surface area contributed by atoms with E-state index in [1.54, 1.807) is 36.1 Å². The minimum atomic E-state index is -0.563. The maximum Gasteiger partial charge on any atom is 0.269 e. The molecule has 2 N–H and O–H groups in total. The zero-order chi connectivity index (χ0) is 18.4. The molecule has 2 rings (SSSR count). The molecule has 1 aromatic rings. The quantitative estimate of drug-likeness (QED) is 0.483. The van der Waals surface area contributed by atoms with Crippen molar-refractivity contribution in [1.29, 1.82) is 0 Å². The molecule has 1 heterocycles. The topological polar surface area (TPSA) is 92.9 Å². The Morgan fingerprint density at radius 2 is 1.84 bits per heavy atom. The summed E-state index contributed by atoms with van der Waals surface area (Å²) in [6.45, 7) is 2.78. The Labute approximate surface area is 151 Å². The van der Waals surface area contributed by atoms with E-state index in [4.69, 9.17) is 22.2 Å². The number of ether oxygens (including phenoxy) is 1. The minimum Gasteiger partial charge on any atom is -0.372 e. The summed E-state index contributed by atoms with van der Waals surface area (Å²) in [6, 6.07) is 6.69. The Bertz CT molecular complexity index is 627. The highest BCUT2D eigenvalue weighted by Crippen LogP contribution is 2.21. The lowest BCUT2D eigenvalue weighted by atomic mass is 9.95. The van der Waals surface area contributed by atoms with Gasteiger partial charge < -0.3 is 9.64 Å². The molecule has 7 nitrogen and oxygen atoms in total. The Balaban J connectivity index is 1.88. The largest absolute Gasteiger partial charge is 0.372 e. The third kappa shape index (κ3) is 5.01. The molecule has 25 heavy (non-hydrogen) atoms. The zero-order valence-electron chi connectivity index (χ0n) is 14.1. The van der Waals surface area contributed by atoms with Gasteiger partial charge in [0.2, 0.25) is 5.91 Å². The van der Waals surface area contributed by atoms with Crippen molar-refractivity contribution in [3.8, 4) is 0 Å². The van der Waals surface area contributed by atoms with Crippen LogP contribution in [0.5, 0.6) is 0 Å². The van der Waals surface area contributed by atoms with Crippen LogP contribution in [0.2, 0.25) is 5.02 Å². The summed E-state index contributed by atoms with van der Waals surface area (Å²) < 4.78 is 4.97. The Morgan fingerprint density at radius 1 is 1.24 bits per heavy atom. The molecule has 0 saturated carbocycles. The molecule has 1 fully saturated rings. The van der Waals surface area contributed by atoms with Gasteiger partial charge in [-0.2, -0.15) is 0 Å². The molecule has 0 aliphatic carbocycles. The number of halogens is 1. The fourth-order valence-electron chi connectivity index (χ4n) is 2.68. The molecule has 1 saturated heterocycles. The number of piperidine rings is 1. The summed E-state index contributed by atoms with van der Waals surface area (Å²) in [5, 5.41) is 1.21. The maximum absolute atomic E-state index is 12.4. The molecule has 0 aromatic heterocycles. The number of nitrogens with zero attached hydrogens (tertiary/aromatic N) is 2. The predicted octanol–water partition coefficient (Wildman–Crippen LogP) is 1.46. The summed E-state index contributed by atoms with van der Waals surface area (Å²) in [6.07, 6.45) is 0.932. The third-order valence-electron chi connectivity index (χ3n) is 4.16. The molecule has 3 amide bonds. The molecular weight excluding hydrogens is 346 g/mol. The normalized spacial score (nSPS) is 15.1. The maximum atomic E-state index is 12.4. The summed E-state index contributed by atoms with van der Waals surface area (Å²) in [5.41, 5.74) is 0.557. The highest BCUT2D eigenvalue weighted by Gasteiger charge is 2.31. The van der Waals surface area contributed by atoms with Gasteiger partial charge in [-0.3, -0.25) is 14.4 Å². The van der Waals surface area contributed by atoms with E-state index >= 15 is 0 Å². The van der Waals surface area contributed by atoms with Crippen LogP contribution in [0.15, 0.2) is 24.3 Å². The lowest BCUT2D eigenvalue weighted by molar-refractivity contribution is -0.151. The van der Waals surface area contributed by atoms with Crippen LogP contribution < -0.4 is 5.84 Å². The first kappa shape index (κ1) is 19.4. The zero-order valence-corrected chi connectivity index (χ0v) is 14.9. The number of carbonyl (C=O) groups excluding carboxylic acids is 3. The number of hydrogen-bond donors (Lipinski definition) is 1. The van der Waals surface area contributed by atoms with Gasteiger partial charge in [0.15, 0.2) is 0 Å². The lowest BCUT2D eigenvalue weighted by Gasteiger charge is -2.32. The molecule has 0 atom stereocenters. The second-order valence-corrected chi connectivity index (χ2v) is 6.25. The fourth-order valence-corrected chi connectivity index (χ4v) is 2.81. The van der Waals surface area contributed by atoms with Gasteiger partial charge in [0, 0.05) is 36.2 Å². The SMILES string of the molecule is CCOCC(=O)N(N)C(=O)C1CCN(C(=O)c2ccc(Cl)cc2)CC1. The second kappa shape index (κ2) is 8.94. The van der Waals surface area contributed by atoms with Gasteiger partial charge in [0.05, 0.1) is 0 Å². The molecular formula is C17H22ClN3O4. The molecule has 0 spiro atoms. The number of rotatable bonds is 5. The lowest BCUT2D eigenvalue weighted by Crippen LogP contribution is -2.50. The molecule has 1 aromatic carbocycles. The van der Waals surface area contributed by atoms with Crippen LogP contribution in [0.25, 0.3) is 0 Å². The van der Waals surface area contributed by atoms with Crippen LogP contribution in [0, 0.1) is 5.92 Å². The van der Waals surface area contributed by atoms with Gasteiger partial charge in [0.25, 0.3) is 11.8 Å². The smallest absolute Gasteiger partial charge is 0.269 e. The Kier molecular flexibility index (Phi) is 6.92. The summed E-state index contributed by atoms with van der Waals surface area (Å²) >= 11 is 5.83. The molecule has 8 heteroatoms. The van der Waals surface area contributed by atoms with Crippen molar-refractivity contribution in [3.05, 3.63) is 34.9 Å². The van der Waals surface area contributed by atoms with Gasteiger partial charge in [0.1, 0.15) is 6.61 Å². The fraction of sp³-hybridized carbons (Fsp3) is 0.471. The van der Waals surface area contributed by atoms with Crippen molar-refractivity contribution in [2.24, 2.45) is 11.8 Å². The number of likely N-dealkylation sites (tertiary alicyclic amines) is 1. The second-order valence-electron chi connectivity index (χ2n) is 5.81. The number of hydrogen-bond acceptors (Lipinski definition) is 5. The molecule has 1 aliphatic rings. The van der Waals surface area contributed by atoms with Gasteiger partial charge in [-0.25, -0.2) is 10.9 Å². The van der Waals surface area contributed by atoms with Crippen LogP contribution in [0.1, 0.15) is 30.1 Å². The molecule has 1 aliphatic heterocycles. The van der Waals surface area contributed by atoms with Crippen LogP contribution in [0.4, 0.5) is 0 Å². The first-order valence-electron chi connectivity index (χ1n) is 8.18. The Hall–Kier alpha value is -1.96. The van der Waals surface area contributed by atoms with E-state index in [0.29, 0.717) is 48.1 Å². The van der Waals surface area contributed by atoms with Crippen molar-refractivity contribution in [2.45, 2.75) is 19.8 Å². The highest BCUT2D eigenvalue weighted by molar-refractivity contribution is 6.30. The Morgan fingerprint density at radius 3 is 2.40 bits per heavy atom. The highest BCUT2D eigenvalue weighted by atomic mass is 35.5. The van der Waals surface area contributed by atoms with Gasteiger partial charge >= 0.3 is 0 Å². The monoisotopic (exact) mass is 367 g/mol. The van der Waals surface area contributed by atoms with Gasteiger partial charge in [-0.05, 0) is 44.0 Å². The summed E-state index contributed by atoms with van der Waals surface area (Å²) in [5.74, 6) is 4.13. The van der Waals surface area contributed by atoms with E-state index < -0.39 is 11.8 Å². The number of imide groups is 1. The number of benzene rings is 1. The first-order chi connectivity index (χ1) is 11.9. The van der Waals surface area contributed by atoms with E-state index in [9.17, 15) is 14.4 Å². The minimum absolute atomic E-state index is 0.0976. The third-order valence-corrected chi connectivity index (χ3v) is 4.41. The molecule has 0 unspecified atom stereocenters. The van der Waals surface area contributed by atoms with Crippen molar-refractivity contribution < 1.29 is 19.1 Å². The van der Waals surface area contributed by atoms with E-state index in [0.717, 1.165) is 0 Å². The van der Waals surface area contributed by atoms with Gasteiger partial charge in [-0.15, -0.1) is 0 Å². The van der Waals surface area contributed by atoms with E-state index in [-0.39, 0.29) is 18.4 Å². The summed E-state index contributed by atoms with van der Waals surface area (Å²) in [4.78, 5) is 38.2. The molecule has 0 bridgehead atoms. The number of carbonyl (C=O) groups is 3. The van der Waals surface area contributed by atoms with Crippen LogP contribution in [-0.2, 0) is 14.3 Å². The molecule has 136 valence electrons. The van der Waals surface area contributed by atoms with Crippen molar-refractivity contribution >= 4 is 29.3 Å². The standard InChI is InChI=1S/C17H22ClN3O4/c1-2-25-11-15(22)21(19)17(24)13-7-9-20(10-8-13)16(23)12-3-5-14(18)6-4-12/h3-6,13H,2,7-11,19H2,1H3. The average molecular weight is 368 g/mol. The van der Waals surface area contributed by atoms with E-state index in [1.165, 1.54) is 0 Å². The van der Waals surface area contributed by atoms with Gasteiger partial charge in [-0.1, -0.05) is 11.6 Å². The van der Waals surface area contributed by atoms with Crippen LogP contribution >= 0.6 is 11.6 Å². The predicted molar refractivity (Wildman–Crippen MR) is 92.6 cm³/mol. The number of amides is 3. The van der Waals surface area contributed by atoms with Crippen molar-refractivity contribution in [3.63, 3.8) is 0 Å². The van der Waals surface area contributed by atoms with Crippen molar-refractivity contribution in [1.82, 2.24) is 9.91 Å². The number of hydrazine groups is 1.